The van der Waals surface area contributed by atoms with Crippen LogP contribution in [0.3, 0.4) is 0 Å². The summed E-state index contributed by atoms with van der Waals surface area (Å²) in [5.74, 6) is 1.67. The predicted molar refractivity (Wildman–Crippen MR) is 64.9 cm³/mol. The van der Waals surface area contributed by atoms with E-state index in [9.17, 15) is 0 Å². The van der Waals surface area contributed by atoms with E-state index in [0.717, 1.165) is 11.5 Å². The van der Waals surface area contributed by atoms with Gasteiger partial charge in [-0.2, -0.15) is 0 Å². The lowest BCUT2D eigenvalue weighted by molar-refractivity contribution is 0.287. The summed E-state index contributed by atoms with van der Waals surface area (Å²) < 4.78 is 10.9. The van der Waals surface area contributed by atoms with Crippen LogP contribution in [0.15, 0.2) is 18.2 Å². The highest BCUT2D eigenvalue weighted by Crippen LogP contribution is 2.27. The summed E-state index contributed by atoms with van der Waals surface area (Å²) in [6.45, 7) is 11.3. The van der Waals surface area contributed by atoms with E-state index >= 15 is 0 Å². The van der Waals surface area contributed by atoms with Crippen molar-refractivity contribution >= 4 is 0 Å². The minimum atomic E-state index is 0.670. The normalized spacial score (nSPS) is 8.87. The first-order chi connectivity index (χ1) is 7.27. The van der Waals surface area contributed by atoms with Crippen molar-refractivity contribution in [3.05, 3.63) is 23.8 Å². The molecule has 0 heterocycles. The highest BCUT2D eigenvalue weighted by molar-refractivity contribution is 5.42. The topological polar surface area (TPSA) is 18.5 Å². The molecule has 0 amide bonds. The van der Waals surface area contributed by atoms with Crippen LogP contribution in [-0.4, -0.2) is 13.2 Å². The zero-order chi connectivity index (χ0) is 11.7. The first kappa shape index (κ1) is 13.8. The second-order valence-electron chi connectivity index (χ2n) is 2.82. The molecule has 1 aromatic carbocycles. The third-order valence-electron chi connectivity index (χ3n) is 1.70. The molecule has 0 aliphatic carbocycles. The van der Waals surface area contributed by atoms with Crippen molar-refractivity contribution in [3.8, 4) is 11.5 Å². The van der Waals surface area contributed by atoms with E-state index < -0.39 is 0 Å². The predicted octanol–water partition coefficient (Wildman–Crippen LogP) is 3.82. The largest absolute Gasteiger partial charge is 0.490 e. The van der Waals surface area contributed by atoms with E-state index in [1.54, 1.807) is 0 Å². The number of rotatable bonds is 4. The molecule has 0 unspecified atom stereocenters. The highest BCUT2D eigenvalue weighted by Gasteiger charge is 2.03. The molecule has 0 fully saturated rings. The van der Waals surface area contributed by atoms with Gasteiger partial charge in [-0.3, -0.25) is 0 Å². The lowest BCUT2D eigenvalue weighted by Gasteiger charge is -2.10. The van der Waals surface area contributed by atoms with Crippen LogP contribution in [0, 0.1) is 6.92 Å². The van der Waals surface area contributed by atoms with Gasteiger partial charge in [0.2, 0.25) is 0 Å². The third-order valence-corrected chi connectivity index (χ3v) is 1.70. The van der Waals surface area contributed by atoms with Gasteiger partial charge >= 0.3 is 0 Å². The van der Waals surface area contributed by atoms with E-state index in [-0.39, 0.29) is 0 Å². The van der Waals surface area contributed by atoms with E-state index in [0.29, 0.717) is 13.2 Å². The van der Waals surface area contributed by atoms with Crippen molar-refractivity contribution in [1.29, 1.82) is 0 Å². The molecular weight excluding hydrogens is 188 g/mol. The first-order valence-electron chi connectivity index (χ1n) is 5.64. The monoisotopic (exact) mass is 210 g/mol. The minimum absolute atomic E-state index is 0.670. The van der Waals surface area contributed by atoms with Crippen LogP contribution < -0.4 is 9.47 Å². The maximum absolute atomic E-state index is 5.45. The second-order valence-corrected chi connectivity index (χ2v) is 2.82. The zero-order valence-corrected chi connectivity index (χ0v) is 10.5. The van der Waals surface area contributed by atoms with Gasteiger partial charge in [0.15, 0.2) is 11.5 Å². The molecule has 86 valence electrons. The molecule has 0 bridgehead atoms. The molecule has 0 saturated heterocycles. The van der Waals surface area contributed by atoms with Gasteiger partial charge in [0.05, 0.1) is 13.2 Å². The van der Waals surface area contributed by atoms with Crippen LogP contribution in [0.2, 0.25) is 0 Å². The molecule has 2 nitrogen and oxygen atoms in total. The van der Waals surface area contributed by atoms with Crippen molar-refractivity contribution in [1.82, 2.24) is 0 Å². The molecule has 0 saturated carbocycles. The van der Waals surface area contributed by atoms with E-state index in [1.165, 1.54) is 5.56 Å². The van der Waals surface area contributed by atoms with Crippen LogP contribution in [0.4, 0.5) is 0 Å². The molecule has 0 aliphatic heterocycles. The fourth-order valence-corrected chi connectivity index (χ4v) is 1.16. The quantitative estimate of drug-likeness (QED) is 0.752. The first-order valence-corrected chi connectivity index (χ1v) is 5.64. The van der Waals surface area contributed by atoms with Gasteiger partial charge in [-0.15, -0.1) is 0 Å². The number of hydrogen-bond donors (Lipinski definition) is 0. The van der Waals surface area contributed by atoms with Crippen LogP contribution in [0.25, 0.3) is 0 Å². The molecule has 15 heavy (non-hydrogen) atoms. The molecule has 1 aromatic rings. The number of aryl methyl sites for hydroxylation is 1. The Morgan fingerprint density at radius 3 is 2.00 bits per heavy atom. The Labute approximate surface area is 93.2 Å². The van der Waals surface area contributed by atoms with E-state index in [2.05, 4.69) is 0 Å². The van der Waals surface area contributed by atoms with Crippen LogP contribution in [-0.2, 0) is 0 Å². The molecular formula is C13H22O2. The second kappa shape index (κ2) is 8.16. The number of benzene rings is 1. The Bertz CT molecular complexity index is 269. The molecule has 0 aliphatic rings. The SMILES string of the molecule is CC.CCOc1ccc(C)cc1OCC. The Kier molecular flexibility index (Phi) is 7.51. The smallest absolute Gasteiger partial charge is 0.161 e. The van der Waals surface area contributed by atoms with Crippen molar-refractivity contribution < 1.29 is 9.47 Å². The lowest BCUT2D eigenvalue weighted by Crippen LogP contribution is -1.98. The Balaban J connectivity index is 0.000000921. The number of hydrogen-bond acceptors (Lipinski definition) is 2. The third kappa shape index (κ3) is 4.73. The lowest BCUT2D eigenvalue weighted by atomic mass is 10.2. The average molecular weight is 210 g/mol. The van der Waals surface area contributed by atoms with Gasteiger partial charge in [-0.05, 0) is 38.5 Å². The summed E-state index contributed by atoms with van der Waals surface area (Å²) in [5, 5.41) is 0. The Hall–Kier alpha value is -1.18. The van der Waals surface area contributed by atoms with Crippen molar-refractivity contribution in [2.45, 2.75) is 34.6 Å². The molecule has 0 atom stereocenters. The zero-order valence-electron chi connectivity index (χ0n) is 10.5. The average Bonchev–Trinajstić information content (AvgIpc) is 2.26. The Morgan fingerprint density at radius 1 is 0.933 bits per heavy atom. The van der Waals surface area contributed by atoms with Gasteiger partial charge in [-0.1, -0.05) is 19.9 Å². The Morgan fingerprint density at radius 2 is 1.47 bits per heavy atom. The summed E-state index contributed by atoms with van der Waals surface area (Å²) in [7, 11) is 0. The summed E-state index contributed by atoms with van der Waals surface area (Å²) >= 11 is 0. The molecule has 1 rings (SSSR count). The van der Waals surface area contributed by atoms with Crippen molar-refractivity contribution in [2.75, 3.05) is 13.2 Å². The van der Waals surface area contributed by atoms with Gasteiger partial charge in [-0.25, -0.2) is 0 Å². The fraction of sp³-hybridized carbons (Fsp3) is 0.538. The number of ether oxygens (including phenoxy) is 2. The summed E-state index contributed by atoms with van der Waals surface area (Å²) in [6, 6.07) is 5.96. The van der Waals surface area contributed by atoms with Crippen LogP contribution >= 0.6 is 0 Å². The molecule has 0 radical (unpaired) electrons. The maximum atomic E-state index is 5.45. The molecule has 2 heteroatoms. The van der Waals surface area contributed by atoms with Crippen LogP contribution in [0.5, 0.6) is 11.5 Å². The van der Waals surface area contributed by atoms with Gasteiger partial charge in [0.1, 0.15) is 0 Å². The molecule has 0 N–H and O–H groups in total. The summed E-state index contributed by atoms with van der Waals surface area (Å²) in [5.41, 5.74) is 1.19. The summed E-state index contributed by atoms with van der Waals surface area (Å²) in [6.07, 6.45) is 0. The van der Waals surface area contributed by atoms with E-state index in [4.69, 9.17) is 9.47 Å². The fourth-order valence-electron chi connectivity index (χ4n) is 1.16. The van der Waals surface area contributed by atoms with Gasteiger partial charge in [0, 0.05) is 0 Å². The highest BCUT2D eigenvalue weighted by atomic mass is 16.5. The van der Waals surface area contributed by atoms with Gasteiger partial charge in [0.25, 0.3) is 0 Å². The van der Waals surface area contributed by atoms with Crippen molar-refractivity contribution in [3.63, 3.8) is 0 Å². The maximum Gasteiger partial charge on any atom is 0.161 e. The molecule has 0 aromatic heterocycles. The van der Waals surface area contributed by atoms with Crippen LogP contribution in [0.1, 0.15) is 33.3 Å². The van der Waals surface area contributed by atoms with E-state index in [1.807, 2.05) is 52.8 Å². The standard InChI is InChI=1S/C11H16O2.C2H6/c1-4-12-10-7-6-9(3)8-11(10)13-5-2;1-2/h6-8H,4-5H2,1-3H3;1-2H3. The van der Waals surface area contributed by atoms with Crippen molar-refractivity contribution in [2.24, 2.45) is 0 Å². The minimum Gasteiger partial charge on any atom is -0.490 e. The van der Waals surface area contributed by atoms with Gasteiger partial charge < -0.3 is 9.47 Å². The molecule has 0 spiro atoms. The summed E-state index contributed by atoms with van der Waals surface area (Å²) in [4.78, 5) is 0.